The first kappa shape index (κ1) is 33.0. The lowest BCUT2D eigenvalue weighted by atomic mass is 10.1. The summed E-state index contributed by atoms with van der Waals surface area (Å²) in [6, 6.07) is 19.4. The lowest BCUT2D eigenvalue weighted by molar-refractivity contribution is -0.117. The molecule has 0 aromatic heterocycles. The summed E-state index contributed by atoms with van der Waals surface area (Å²) in [7, 11) is -2.42. The van der Waals surface area contributed by atoms with E-state index >= 15 is 0 Å². The summed E-state index contributed by atoms with van der Waals surface area (Å²) in [4.78, 5) is 16.8. The lowest BCUT2D eigenvalue weighted by Gasteiger charge is -2.35. The number of nitrogens with one attached hydrogen (secondary N) is 1. The van der Waals surface area contributed by atoms with Crippen LogP contribution in [0.25, 0.3) is 0 Å². The standard InChI is InChI=1S/C24H33N3O4.C7H8O3S/c1-18-7-6-8-19(2)24(18)25-23(29)16-27-13-11-26(12-14-27)15-20(28)17-31-22-10-5-4-9-21(22)30-3;1-6-2-4-7(5-3-6)11(8,9)10/h4-10,20,28H,11-17H2,1-3H3,(H,25,29);2-5H,1H3,(H,8,9,10). The highest BCUT2D eigenvalue weighted by atomic mass is 32.2. The Morgan fingerprint density at radius 1 is 0.881 bits per heavy atom. The summed E-state index contributed by atoms with van der Waals surface area (Å²) < 4.78 is 40.5. The van der Waals surface area contributed by atoms with Gasteiger partial charge in [-0.25, -0.2) is 0 Å². The summed E-state index contributed by atoms with van der Waals surface area (Å²) in [5.41, 5.74) is 4.01. The number of amides is 1. The molecule has 0 bridgehead atoms. The van der Waals surface area contributed by atoms with E-state index in [1.54, 1.807) is 19.2 Å². The van der Waals surface area contributed by atoms with Gasteiger partial charge in [0.2, 0.25) is 5.91 Å². The van der Waals surface area contributed by atoms with Crippen molar-refractivity contribution in [3.63, 3.8) is 0 Å². The minimum Gasteiger partial charge on any atom is -0.493 e. The number of aryl methyl sites for hydroxylation is 3. The van der Waals surface area contributed by atoms with Gasteiger partial charge in [-0.3, -0.25) is 19.1 Å². The van der Waals surface area contributed by atoms with E-state index < -0.39 is 16.2 Å². The highest BCUT2D eigenvalue weighted by Gasteiger charge is 2.21. The zero-order valence-electron chi connectivity index (χ0n) is 24.6. The van der Waals surface area contributed by atoms with Gasteiger partial charge in [0, 0.05) is 38.4 Å². The average molecular weight is 600 g/mol. The molecular formula is C31H41N3O7S. The van der Waals surface area contributed by atoms with Crippen molar-refractivity contribution in [3.8, 4) is 11.5 Å². The van der Waals surface area contributed by atoms with Crippen molar-refractivity contribution in [2.75, 3.05) is 58.3 Å². The predicted octanol–water partition coefficient (Wildman–Crippen LogP) is 3.55. The molecule has 1 aliphatic rings. The van der Waals surface area contributed by atoms with Gasteiger partial charge in [-0.2, -0.15) is 8.42 Å². The number of aliphatic hydroxyl groups excluding tert-OH is 1. The van der Waals surface area contributed by atoms with E-state index in [-0.39, 0.29) is 17.4 Å². The Bertz CT molecular complexity index is 1390. The molecular weight excluding hydrogens is 558 g/mol. The van der Waals surface area contributed by atoms with Crippen LogP contribution in [-0.4, -0.2) is 92.9 Å². The van der Waals surface area contributed by atoms with Gasteiger partial charge in [0.05, 0.1) is 18.6 Å². The molecule has 0 aliphatic carbocycles. The van der Waals surface area contributed by atoms with Gasteiger partial charge in [-0.05, 0) is 56.2 Å². The summed E-state index contributed by atoms with van der Waals surface area (Å²) in [6.07, 6.45) is -0.594. The van der Waals surface area contributed by atoms with Crippen LogP contribution in [0.3, 0.4) is 0 Å². The third-order valence-electron chi connectivity index (χ3n) is 6.87. The molecule has 1 saturated heterocycles. The molecule has 1 amide bonds. The predicted molar refractivity (Wildman–Crippen MR) is 163 cm³/mol. The Morgan fingerprint density at radius 3 is 2.02 bits per heavy atom. The number of methoxy groups -OCH3 is 1. The van der Waals surface area contributed by atoms with Crippen LogP contribution >= 0.6 is 0 Å². The van der Waals surface area contributed by atoms with Crippen molar-refractivity contribution < 1.29 is 32.3 Å². The number of β-amino-alcohol motifs (C(OH)–C–C–N with tert-alkyl or cyclic N) is 1. The number of aliphatic hydroxyl groups is 1. The summed E-state index contributed by atoms with van der Waals surface area (Å²) >= 11 is 0. The van der Waals surface area contributed by atoms with Crippen LogP contribution < -0.4 is 14.8 Å². The van der Waals surface area contributed by atoms with E-state index in [4.69, 9.17) is 14.0 Å². The largest absolute Gasteiger partial charge is 0.493 e. The van der Waals surface area contributed by atoms with Crippen molar-refractivity contribution in [2.24, 2.45) is 0 Å². The molecule has 11 heteroatoms. The maximum atomic E-state index is 12.5. The van der Waals surface area contributed by atoms with Crippen LogP contribution in [0.15, 0.2) is 71.6 Å². The van der Waals surface area contributed by atoms with E-state index in [1.807, 2.05) is 63.2 Å². The van der Waals surface area contributed by atoms with E-state index in [9.17, 15) is 18.3 Å². The molecule has 42 heavy (non-hydrogen) atoms. The summed E-state index contributed by atoms with van der Waals surface area (Å²) in [5.74, 6) is 1.29. The molecule has 1 aliphatic heterocycles. The maximum Gasteiger partial charge on any atom is 0.294 e. The lowest BCUT2D eigenvalue weighted by Crippen LogP contribution is -2.50. The van der Waals surface area contributed by atoms with E-state index in [1.165, 1.54) is 12.1 Å². The molecule has 3 aromatic rings. The minimum atomic E-state index is -4.02. The summed E-state index contributed by atoms with van der Waals surface area (Å²) in [5, 5.41) is 13.4. The first-order valence-corrected chi connectivity index (χ1v) is 15.2. The zero-order chi connectivity index (χ0) is 30.7. The zero-order valence-corrected chi connectivity index (χ0v) is 25.4. The van der Waals surface area contributed by atoms with E-state index in [2.05, 4.69) is 15.1 Å². The molecule has 3 aromatic carbocycles. The van der Waals surface area contributed by atoms with Crippen molar-refractivity contribution in [2.45, 2.75) is 31.8 Å². The van der Waals surface area contributed by atoms with Crippen molar-refractivity contribution in [1.82, 2.24) is 9.80 Å². The maximum absolute atomic E-state index is 12.5. The highest BCUT2D eigenvalue weighted by Crippen LogP contribution is 2.26. The van der Waals surface area contributed by atoms with Crippen molar-refractivity contribution >= 4 is 21.7 Å². The first-order chi connectivity index (χ1) is 20.0. The fourth-order valence-electron chi connectivity index (χ4n) is 4.51. The molecule has 0 saturated carbocycles. The number of benzene rings is 3. The summed E-state index contributed by atoms with van der Waals surface area (Å²) in [6.45, 7) is 10.2. The Balaban J connectivity index is 0.000000369. The molecule has 1 atom stereocenters. The fourth-order valence-corrected chi connectivity index (χ4v) is 4.99. The number of piperazine rings is 1. The SMILES string of the molecule is COc1ccccc1OCC(O)CN1CCN(CC(=O)Nc2c(C)cccc2C)CC1.Cc1ccc(S(=O)(=O)O)cc1. The first-order valence-electron chi connectivity index (χ1n) is 13.7. The smallest absolute Gasteiger partial charge is 0.294 e. The number of hydrogen-bond acceptors (Lipinski definition) is 8. The van der Waals surface area contributed by atoms with Crippen LogP contribution in [0.4, 0.5) is 5.69 Å². The van der Waals surface area contributed by atoms with Crippen LogP contribution in [0.5, 0.6) is 11.5 Å². The molecule has 1 heterocycles. The van der Waals surface area contributed by atoms with Crippen LogP contribution in [0, 0.1) is 20.8 Å². The number of rotatable bonds is 10. The van der Waals surface area contributed by atoms with Crippen LogP contribution in [0.2, 0.25) is 0 Å². The van der Waals surface area contributed by atoms with E-state index in [0.717, 1.165) is 48.6 Å². The van der Waals surface area contributed by atoms with Gasteiger partial charge in [0.15, 0.2) is 11.5 Å². The van der Waals surface area contributed by atoms with E-state index in [0.29, 0.717) is 24.6 Å². The van der Waals surface area contributed by atoms with Gasteiger partial charge in [0.25, 0.3) is 10.1 Å². The molecule has 228 valence electrons. The minimum absolute atomic E-state index is 0.0103. The van der Waals surface area contributed by atoms with Crippen molar-refractivity contribution in [3.05, 3.63) is 83.4 Å². The second-order valence-electron chi connectivity index (χ2n) is 10.3. The van der Waals surface area contributed by atoms with Crippen LogP contribution in [-0.2, 0) is 14.9 Å². The number of para-hydroxylation sites is 3. The molecule has 3 N–H and O–H groups in total. The Morgan fingerprint density at radius 2 is 1.45 bits per heavy atom. The topological polar surface area (TPSA) is 129 Å². The van der Waals surface area contributed by atoms with Gasteiger partial charge in [0.1, 0.15) is 12.7 Å². The molecule has 4 rings (SSSR count). The number of anilines is 1. The Hall–Kier alpha value is -3.48. The average Bonchev–Trinajstić information content (AvgIpc) is 2.95. The molecule has 1 fully saturated rings. The monoisotopic (exact) mass is 599 g/mol. The third-order valence-corrected chi connectivity index (χ3v) is 7.73. The number of carbonyl (C=O) groups excluding carboxylic acids is 1. The molecule has 0 spiro atoms. The Kier molecular flexibility index (Phi) is 12.3. The Labute approximate surface area is 248 Å². The fraction of sp³-hybridized carbons (Fsp3) is 0.387. The normalized spacial score (nSPS) is 14.8. The second-order valence-corrected chi connectivity index (χ2v) is 11.7. The number of ether oxygens (including phenoxy) is 2. The molecule has 0 radical (unpaired) electrons. The van der Waals surface area contributed by atoms with Gasteiger partial charge < -0.3 is 19.9 Å². The third kappa shape index (κ3) is 10.4. The van der Waals surface area contributed by atoms with Crippen molar-refractivity contribution in [1.29, 1.82) is 0 Å². The molecule has 10 nitrogen and oxygen atoms in total. The highest BCUT2D eigenvalue weighted by molar-refractivity contribution is 7.85. The number of nitrogens with zero attached hydrogens (tertiary/aromatic N) is 2. The van der Waals surface area contributed by atoms with Gasteiger partial charge in [-0.1, -0.05) is 48.0 Å². The quantitative estimate of drug-likeness (QED) is 0.300. The second kappa shape index (κ2) is 15.7. The van der Waals surface area contributed by atoms with Gasteiger partial charge >= 0.3 is 0 Å². The number of hydrogen-bond donors (Lipinski definition) is 3. The van der Waals surface area contributed by atoms with Gasteiger partial charge in [-0.15, -0.1) is 0 Å². The van der Waals surface area contributed by atoms with Crippen LogP contribution in [0.1, 0.15) is 16.7 Å². The number of carbonyl (C=O) groups is 1. The molecule has 1 unspecified atom stereocenters.